The third-order valence-corrected chi connectivity index (χ3v) is 2.96. The number of rotatable bonds is 7. The van der Waals surface area contributed by atoms with Crippen LogP contribution in [0, 0.1) is 0 Å². The lowest BCUT2D eigenvalue weighted by atomic mass is 10.0. The van der Waals surface area contributed by atoms with Crippen LogP contribution in [0.1, 0.15) is 44.7 Å². The molecule has 0 aliphatic rings. The summed E-state index contributed by atoms with van der Waals surface area (Å²) in [6, 6.07) is 11.7. The van der Waals surface area contributed by atoms with Crippen molar-refractivity contribution in [3.05, 3.63) is 48.6 Å². The van der Waals surface area contributed by atoms with Gasteiger partial charge >= 0.3 is 0 Å². The van der Waals surface area contributed by atoms with Crippen LogP contribution in [0.5, 0.6) is 0 Å². The maximum absolute atomic E-state index is 3.80. The summed E-state index contributed by atoms with van der Waals surface area (Å²) in [6.45, 7) is 8.25. The van der Waals surface area contributed by atoms with Crippen molar-refractivity contribution in [1.82, 2.24) is 5.32 Å². The van der Waals surface area contributed by atoms with E-state index in [9.17, 15) is 0 Å². The molecule has 2 unspecified atom stereocenters. The minimum atomic E-state index is 0.453. The van der Waals surface area contributed by atoms with Crippen LogP contribution in [-0.2, 0) is 0 Å². The van der Waals surface area contributed by atoms with E-state index in [0.29, 0.717) is 12.1 Å². The molecular formula is C15H23N. The fourth-order valence-corrected chi connectivity index (χ4v) is 1.78. The molecule has 0 spiro atoms. The number of hydrogen-bond donors (Lipinski definition) is 1. The normalized spacial score (nSPS) is 14.4. The van der Waals surface area contributed by atoms with Crippen molar-refractivity contribution < 1.29 is 0 Å². The molecule has 1 aromatic carbocycles. The summed E-state index contributed by atoms with van der Waals surface area (Å²) >= 11 is 0. The number of hydrogen-bond acceptors (Lipinski definition) is 1. The highest BCUT2D eigenvalue weighted by molar-refractivity contribution is 5.19. The second-order valence-corrected chi connectivity index (χ2v) is 4.31. The Morgan fingerprint density at radius 2 is 2.00 bits per heavy atom. The lowest BCUT2D eigenvalue weighted by molar-refractivity contribution is 0.428. The van der Waals surface area contributed by atoms with E-state index in [2.05, 4.69) is 56.1 Å². The van der Waals surface area contributed by atoms with Crippen LogP contribution >= 0.6 is 0 Å². The Morgan fingerprint density at radius 1 is 1.31 bits per heavy atom. The van der Waals surface area contributed by atoms with E-state index in [4.69, 9.17) is 0 Å². The lowest BCUT2D eigenvalue weighted by Gasteiger charge is -2.22. The molecule has 88 valence electrons. The molecule has 0 heterocycles. The van der Waals surface area contributed by atoms with E-state index in [-0.39, 0.29) is 0 Å². The summed E-state index contributed by atoms with van der Waals surface area (Å²) < 4.78 is 0. The quantitative estimate of drug-likeness (QED) is 0.678. The Morgan fingerprint density at radius 3 is 2.56 bits per heavy atom. The molecule has 0 saturated heterocycles. The fourth-order valence-electron chi connectivity index (χ4n) is 1.78. The van der Waals surface area contributed by atoms with Crippen molar-refractivity contribution >= 4 is 0 Å². The second-order valence-electron chi connectivity index (χ2n) is 4.31. The van der Waals surface area contributed by atoms with Crippen molar-refractivity contribution in [3.8, 4) is 0 Å². The van der Waals surface area contributed by atoms with Crippen molar-refractivity contribution in [3.63, 3.8) is 0 Å². The van der Waals surface area contributed by atoms with E-state index in [1.807, 2.05) is 6.08 Å². The maximum atomic E-state index is 3.80. The Labute approximate surface area is 99.6 Å². The van der Waals surface area contributed by atoms with Crippen LogP contribution < -0.4 is 5.32 Å². The lowest BCUT2D eigenvalue weighted by Crippen LogP contribution is -2.29. The molecule has 0 aromatic heterocycles. The SMILES string of the molecule is C=CCCC(NC(C)CC)c1ccccc1. The zero-order chi connectivity index (χ0) is 11.8. The van der Waals surface area contributed by atoms with Crippen LogP contribution in [0.2, 0.25) is 0 Å². The largest absolute Gasteiger partial charge is 0.307 e. The molecular weight excluding hydrogens is 194 g/mol. The number of allylic oxidation sites excluding steroid dienone is 1. The minimum Gasteiger partial charge on any atom is -0.307 e. The third-order valence-electron chi connectivity index (χ3n) is 2.96. The second kappa shape index (κ2) is 7.24. The molecule has 0 bridgehead atoms. The molecule has 0 aliphatic carbocycles. The van der Waals surface area contributed by atoms with Gasteiger partial charge in [0.05, 0.1) is 0 Å². The molecule has 0 amide bonds. The molecule has 0 aliphatic heterocycles. The van der Waals surface area contributed by atoms with E-state index in [1.54, 1.807) is 0 Å². The summed E-state index contributed by atoms with van der Waals surface area (Å²) in [5.41, 5.74) is 1.38. The van der Waals surface area contributed by atoms with Gasteiger partial charge < -0.3 is 5.32 Å². The molecule has 1 heteroatoms. The van der Waals surface area contributed by atoms with Gasteiger partial charge in [-0.3, -0.25) is 0 Å². The zero-order valence-electron chi connectivity index (χ0n) is 10.4. The van der Waals surface area contributed by atoms with Crippen LogP contribution in [0.25, 0.3) is 0 Å². The average Bonchev–Trinajstić information content (AvgIpc) is 2.35. The van der Waals surface area contributed by atoms with Gasteiger partial charge in [0.15, 0.2) is 0 Å². The van der Waals surface area contributed by atoms with Gasteiger partial charge in [-0.15, -0.1) is 6.58 Å². The van der Waals surface area contributed by atoms with Crippen LogP contribution in [0.3, 0.4) is 0 Å². The van der Waals surface area contributed by atoms with Crippen molar-refractivity contribution in [2.75, 3.05) is 0 Å². The molecule has 0 saturated carbocycles. The summed E-state index contributed by atoms with van der Waals surface area (Å²) in [4.78, 5) is 0. The summed E-state index contributed by atoms with van der Waals surface area (Å²) in [5, 5.41) is 3.67. The first-order chi connectivity index (χ1) is 7.77. The van der Waals surface area contributed by atoms with Crippen molar-refractivity contribution in [2.45, 2.75) is 45.2 Å². The van der Waals surface area contributed by atoms with Gasteiger partial charge in [-0.1, -0.05) is 43.3 Å². The molecule has 16 heavy (non-hydrogen) atoms. The van der Waals surface area contributed by atoms with Crippen LogP contribution in [0.4, 0.5) is 0 Å². The first-order valence-electron chi connectivity index (χ1n) is 6.19. The third kappa shape index (κ3) is 4.19. The van der Waals surface area contributed by atoms with Gasteiger partial charge in [-0.25, -0.2) is 0 Å². The molecule has 0 fully saturated rings. The van der Waals surface area contributed by atoms with E-state index >= 15 is 0 Å². The molecule has 1 rings (SSSR count). The number of nitrogens with one attached hydrogen (secondary N) is 1. The van der Waals surface area contributed by atoms with Gasteiger partial charge in [0.1, 0.15) is 0 Å². The Balaban J connectivity index is 2.66. The summed E-state index contributed by atoms with van der Waals surface area (Å²) in [7, 11) is 0. The van der Waals surface area contributed by atoms with Crippen LogP contribution in [-0.4, -0.2) is 6.04 Å². The van der Waals surface area contributed by atoms with Crippen LogP contribution in [0.15, 0.2) is 43.0 Å². The van der Waals surface area contributed by atoms with Gasteiger partial charge in [0, 0.05) is 12.1 Å². The predicted molar refractivity (Wildman–Crippen MR) is 71.5 cm³/mol. The minimum absolute atomic E-state index is 0.453. The van der Waals surface area contributed by atoms with E-state index < -0.39 is 0 Å². The van der Waals surface area contributed by atoms with E-state index in [1.165, 1.54) is 5.56 Å². The zero-order valence-corrected chi connectivity index (χ0v) is 10.4. The predicted octanol–water partition coefficient (Wildman–Crippen LogP) is 4.08. The molecule has 1 aromatic rings. The van der Waals surface area contributed by atoms with Gasteiger partial charge in [-0.2, -0.15) is 0 Å². The highest BCUT2D eigenvalue weighted by atomic mass is 14.9. The van der Waals surface area contributed by atoms with E-state index in [0.717, 1.165) is 19.3 Å². The Hall–Kier alpha value is -1.08. The first-order valence-corrected chi connectivity index (χ1v) is 6.19. The number of benzene rings is 1. The Kier molecular flexibility index (Phi) is 5.87. The smallest absolute Gasteiger partial charge is 0.0325 e. The van der Waals surface area contributed by atoms with Gasteiger partial charge in [0.2, 0.25) is 0 Å². The van der Waals surface area contributed by atoms with Gasteiger partial charge in [-0.05, 0) is 31.7 Å². The fraction of sp³-hybridized carbons (Fsp3) is 0.467. The van der Waals surface area contributed by atoms with Gasteiger partial charge in [0.25, 0.3) is 0 Å². The Bertz CT molecular complexity index is 292. The topological polar surface area (TPSA) is 12.0 Å². The van der Waals surface area contributed by atoms with Crippen molar-refractivity contribution in [2.24, 2.45) is 0 Å². The molecule has 1 N–H and O–H groups in total. The summed E-state index contributed by atoms with van der Waals surface area (Å²) in [6.07, 6.45) is 5.34. The standard InChI is InChI=1S/C15H23N/c1-4-6-12-15(16-13(3)5-2)14-10-8-7-9-11-14/h4,7-11,13,15-16H,1,5-6,12H2,2-3H3. The summed E-state index contributed by atoms with van der Waals surface area (Å²) in [5.74, 6) is 0. The molecule has 1 nitrogen and oxygen atoms in total. The monoisotopic (exact) mass is 217 g/mol. The van der Waals surface area contributed by atoms with Crippen molar-refractivity contribution in [1.29, 1.82) is 0 Å². The first kappa shape index (κ1) is 13.0. The molecule has 0 radical (unpaired) electrons. The highest BCUT2D eigenvalue weighted by Gasteiger charge is 2.11. The average molecular weight is 217 g/mol. The highest BCUT2D eigenvalue weighted by Crippen LogP contribution is 2.19. The maximum Gasteiger partial charge on any atom is 0.0325 e. The molecule has 2 atom stereocenters.